The van der Waals surface area contributed by atoms with Crippen molar-refractivity contribution in [1.82, 2.24) is 9.97 Å². The maximum absolute atomic E-state index is 5.53. The van der Waals surface area contributed by atoms with E-state index < -0.39 is 0 Å². The average molecular weight is 385 g/mol. The Morgan fingerprint density at radius 3 is 2.44 bits per heavy atom. The summed E-state index contributed by atoms with van der Waals surface area (Å²) in [5.74, 6) is 2.21. The van der Waals surface area contributed by atoms with Crippen LogP contribution in [0.4, 0.5) is 17.5 Å². The Balaban J connectivity index is 0.00000210. The van der Waals surface area contributed by atoms with Crippen molar-refractivity contribution in [3.05, 3.63) is 48.5 Å². The smallest absolute Gasteiger partial charge is 0.229 e. The van der Waals surface area contributed by atoms with Crippen LogP contribution in [0.5, 0.6) is 5.75 Å². The van der Waals surface area contributed by atoms with E-state index in [1.807, 2.05) is 42.5 Å². The first-order chi connectivity index (χ1) is 12.8. The van der Waals surface area contributed by atoms with Gasteiger partial charge in [-0.15, -0.1) is 12.4 Å². The number of aromatic nitrogens is 2. The fourth-order valence-electron chi connectivity index (χ4n) is 3.55. The average Bonchev–Trinajstić information content (AvgIpc) is 2.69. The number of nitrogens with one attached hydrogen (secondary N) is 2. The largest absolute Gasteiger partial charge is 0.494 e. The second-order valence-electron chi connectivity index (χ2n) is 6.72. The summed E-state index contributed by atoms with van der Waals surface area (Å²) in [5, 5.41) is 7.96. The molecule has 1 fully saturated rings. The van der Waals surface area contributed by atoms with E-state index >= 15 is 0 Å². The highest BCUT2D eigenvalue weighted by atomic mass is 35.5. The van der Waals surface area contributed by atoms with Gasteiger partial charge in [-0.3, -0.25) is 0 Å². The zero-order valence-electron chi connectivity index (χ0n) is 15.4. The number of nitrogens with zero attached hydrogens (tertiary/aromatic N) is 2. The predicted molar refractivity (Wildman–Crippen MR) is 114 cm³/mol. The zero-order valence-corrected chi connectivity index (χ0v) is 16.3. The van der Waals surface area contributed by atoms with Crippen LogP contribution in [0, 0.1) is 0 Å². The van der Waals surface area contributed by atoms with Gasteiger partial charge in [-0.05, 0) is 37.1 Å². The number of ether oxygens (including phenoxy) is 1. The number of benzene rings is 2. The maximum Gasteiger partial charge on any atom is 0.229 e. The first-order valence-electron chi connectivity index (χ1n) is 9.27. The van der Waals surface area contributed by atoms with Gasteiger partial charge in [0.05, 0.1) is 7.11 Å². The van der Waals surface area contributed by atoms with E-state index in [0.717, 1.165) is 28.2 Å². The number of hydrogen-bond donors (Lipinski definition) is 2. The highest BCUT2D eigenvalue weighted by molar-refractivity contribution is 5.94. The van der Waals surface area contributed by atoms with Crippen molar-refractivity contribution in [2.24, 2.45) is 0 Å². The lowest BCUT2D eigenvalue weighted by Gasteiger charge is -2.24. The van der Waals surface area contributed by atoms with Crippen molar-refractivity contribution in [3.63, 3.8) is 0 Å². The Hall–Kier alpha value is -2.53. The number of fused-ring (bicyclic) bond motifs is 1. The second-order valence-corrected chi connectivity index (χ2v) is 6.72. The fourth-order valence-corrected chi connectivity index (χ4v) is 3.55. The van der Waals surface area contributed by atoms with Crippen molar-refractivity contribution < 1.29 is 4.74 Å². The number of para-hydroxylation sites is 2. The lowest BCUT2D eigenvalue weighted by molar-refractivity contribution is 0.419. The molecule has 0 unspecified atom stereocenters. The molecule has 1 heterocycles. The highest BCUT2D eigenvalue weighted by Gasteiger charge is 2.17. The number of halogens is 1. The van der Waals surface area contributed by atoms with E-state index in [9.17, 15) is 0 Å². The van der Waals surface area contributed by atoms with Crippen LogP contribution in [-0.4, -0.2) is 23.1 Å². The summed E-state index contributed by atoms with van der Waals surface area (Å²) in [5.41, 5.74) is 1.78. The molecule has 6 heteroatoms. The van der Waals surface area contributed by atoms with Gasteiger partial charge in [0.2, 0.25) is 5.95 Å². The lowest BCUT2D eigenvalue weighted by Crippen LogP contribution is -2.23. The molecule has 1 aromatic heterocycles. The Labute approximate surface area is 166 Å². The van der Waals surface area contributed by atoms with Gasteiger partial charge in [-0.25, -0.2) is 4.98 Å². The number of hydrogen-bond acceptors (Lipinski definition) is 5. The number of rotatable bonds is 5. The van der Waals surface area contributed by atoms with Crippen LogP contribution in [0.15, 0.2) is 48.5 Å². The minimum atomic E-state index is 0. The first kappa shape index (κ1) is 19.2. The Bertz CT molecular complexity index is 882. The molecule has 0 saturated heterocycles. The summed E-state index contributed by atoms with van der Waals surface area (Å²) in [4.78, 5) is 9.48. The van der Waals surface area contributed by atoms with Crippen molar-refractivity contribution in [2.45, 2.75) is 38.1 Å². The minimum absolute atomic E-state index is 0. The van der Waals surface area contributed by atoms with Crippen molar-refractivity contribution >= 4 is 40.8 Å². The van der Waals surface area contributed by atoms with Gasteiger partial charge in [-0.1, -0.05) is 43.5 Å². The van der Waals surface area contributed by atoms with Gasteiger partial charge < -0.3 is 15.4 Å². The van der Waals surface area contributed by atoms with Gasteiger partial charge >= 0.3 is 0 Å². The summed E-state index contributed by atoms with van der Waals surface area (Å²) in [6.07, 6.45) is 6.27. The first-order valence-corrected chi connectivity index (χ1v) is 9.27. The summed E-state index contributed by atoms with van der Waals surface area (Å²) in [7, 11) is 1.68. The summed E-state index contributed by atoms with van der Waals surface area (Å²) in [6.45, 7) is 0. The van der Waals surface area contributed by atoms with Crippen molar-refractivity contribution in [3.8, 4) is 5.75 Å². The van der Waals surface area contributed by atoms with Gasteiger partial charge in [0.1, 0.15) is 17.1 Å². The molecule has 2 N–H and O–H groups in total. The Kier molecular flexibility index (Phi) is 6.35. The molecule has 5 nitrogen and oxygen atoms in total. The molecule has 27 heavy (non-hydrogen) atoms. The van der Waals surface area contributed by atoms with Crippen LogP contribution >= 0.6 is 12.4 Å². The molecular formula is C21H25ClN4O. The maximum atomic E-state index is 5.53. The molecule has 3 aromatic rings. The van der Waals surface area contributed by atoms with Gasteiger partial charge in [-0.2, -0.15) is 4.98 Å². The second kappa shape index (κ2) is 8.91. The summed E-state index contributed by atoms with van der Waals surface area (Å²) < 4.78 is 5.53. The Morgan fingerprint density at radius 2 is 1.70 bits per heavy atom. The SMILES string of the molecule is COc1cccc2c(NC3CCCCC3)nc(Nc3ccccc3)nc12.Cl. The Morgan fingerprint density at radius 1 is 0.926 bits per heavy atom. The quantitative estimate of drug-likeness (QED) is 0.604. The van der Waals surface area contributed by atoms with E-state index in [0.29, 0.717) is 12.0 Å². The van der Waals surface area contributed by atoms with Crippen molar-refractivity contribution in [1.29, 1.82) is 0 Å². The van der Waals surface area contributed by atoms with E-state index in [1.54, 1.807) is 7.11 Å². The monoisotopic (exact) mass is 384 g/mol. The van der Waals surface area contributed by atoms with Gasteiger partial charge in [0.25, 0.3) is 0 Å². The number of anilines is 3. The fraction of sp³-hybridized carbons (Fsp3) is 0.333. The molecule has 0 aliphatic heterocycles. The lowest BCUT2D eigenvalue weighted by atomic mass is 9.95. The molecule has 0 atom stereocenters. The molecule has 0 amide bonds. The molecule has 0 radical (unpaired) electrons. The molecule has 1 aliphatic carbocycles. The summed E-state index contributed by atoms with van der Waals surface area (Å²) >= 11 is 0. The normalized spacial score (nSPS) is 14.4. The third kappa shape index (κ3) is 4.42. The molecule has 1 saturated carbocycles. The molecule has 0 spiro atoms. The molecule has 142 valence electrons. The van der Waals surface area contributed by atoms with Gasteiger partial charge in [0.15, 0.2) is 0 Å². The molecule has 1 aliphatic rings. The molecule has 4 rings (SSSR count). The highest BCUT2D eigenvalue weighted by Crippen LogP contribution is 2.31. The molecule has 2 aromatic carbocycles. The van der Waals surface area contributed by atoms with Gasteiger partial charge in [0, 0.05) is 17.1 Å². The standard InChI is InChI=1S/C21H24N4O.ClH/c1-26-18-14-8-13-17-19(18)24-21(23-16-11-6-3-7-12-16)25-20(17)22-15-9-4-2-5-10-15;/h3,6-8,11-15H,2,4-5,9-10H2,1H3,(H2,22,23,24,25);1H. The van der Waals surface area contributed by atoms with Crippen LogP contribution < -0.4 is 15.4 Å². The molecule has 0 bridgehead atoms. The minimum Gasteiger partial charge on any atom is -0.494 e. The number of methoxy groups -OCH3 is 1. The van der Waals surface area contributed by atoms with Crippen molar-refractivity contribution in [2.75, 3.05) is 17.7 Å². The van der Waals surface area contributed by atoms with E-state index in [1.165, 1.54) is 32.1 Å². The summed E-state index contributed by atoms with van der Waals surface area (Å²) in [6, 6.07) is 16.4. The predicted octanol–water partition coefficient (Wildman–Crippen LogP) is 5.55. The third-order valence-corrected chi connectivity index (χ3v) is 4.89. The topological polar surface area (TPSA) is 59.1 Å². The van der Waals surface area contributed by atoms with Crippen LogP contribution in [0.1, 0.15) is 32.1 Å². The van der Waals surface area contributed by atoms with Crippen LogP contribution in [0.2, 0.25) is 0 Å². The van der Waals surface area contributed by atoms with Crippen LogP contribution in [0.3, 0.4) is 0 Å². The van der Waals surface area contributed by atoms with Crippen LogP contribution in [-0.2, 0) is 0 Å². The van der Waals surface area contributed by atoms with E-state index in [-0.39, 0.29) is 12.4 Å². The zero-order chi connectivity index (χ0) is 17.8. The van der Waals surface area contributed by atoms with E-state index in [2.05, 4.69) is 16.7 Å². The van der Waals surface area contributed by atoms with Crippen LogP contribution in [0.25, 0.3) is 10.9 Å². The molecular weight excluding hydrogens is 360 g/mol. The van der Waals surface area contributed by atoms with E-state index in [4.69, 9.17) is 14.7 Å². The third-order valence-electron chi connectivity index (χ3n) is 4.89.